The zero-order valence-corrected chi connectivity index (χ0v) is 9.32. The van der Waals surface area contributed by atoms with Crippen LogP contribution in [0.4, 0.5) is 5.69 Å². The summed E-state index contributed by atoms with van der Waals surface area (Å²) < 4.78 is 5.29. The summed E-state index contributed by atoms with van der Waals surface area (Å²) in [5.41, 5.74) is 7.27. The van der Waals surface area contributed by atoms with Crippen molar-refractivity contribution in [3.05, 3.63) is 11.4 Å². The number of carbonyl (C=O) groups is 1. The predicted molar refractivity (Wildman–Crippen MR) is 59.1 cm³/mol. The summed E-state index contributed by atoms with van der Waals surface area (Å²) in [5, 5.41) is 6.66. The van der Waals surface area contributed by atoms with Crippen LogP contribution in [0.1, 0.15) is 22.6 Å². The van der Waals surface area contributed by atoms with E-state index in [4.69, 9.17) is 10.5 Å². The van der Waals surface area contributed by atoms with Crippen LogP contribution in [0.15, 0.2) is 0 Å². The minimum absolute atomic E-state index is 0.118. The Kier molecular flexibility index (Phi) is 3.09. The molecule has 6 heteroatoms. The van der Waals surface area contributed by atoms with Crippen LogP contribution in [0.3, 0.4) is 0 Å². The molecule has 16 heavy (non-hydrogen) atoms. The van der Waals surface area contributed by atoms with Gasteiger partial charge >= 0.3 is 0 Å². The molecule has 1 aromatic rings. The topological polar surface area (TPSA) is 84.2 Å². The van der Waals surface area contributed by atoms with Crippen molar-refractivity contribution in [3.8, 4) is 0 Å². The molecular weight excluding hydrogens is 208 g/mol. The summed E-state index contributed by atoms with van der Waals surface area (Å²) in [6.07, 6.45) is 0.856. The van der Waals surface area contributed by atoms with Crippen molar-refractivity contribution in [2.75, 3.05) is 32.0 Å². The third-order valence-corrected chi connectivity index (χ3v) is 2.71. The summed E-state index contributed by atoms with van der Waals surface area (Å²) in [4.78, 5) is 13.8. The summed E-state index contributed by atoms with van der Waals surface area (Å²) >= 11 is 0. The lowest BCUT2D eigenvalue weighted by Crippen LogP contribution is -2.33. The number of hydrogen-bond donors (Lipinski definition) is 2. The normalized spacial score (nSPS) is 17.2. The molecule has 1 aliphatic heterocycles. The fraction of sp³-hybridized carbons (Fsp3) is 0.600. The first-order valence-corrected chi connectivity index (χ1v) is 5.37. The molecule has 0 spiro atoms. The Balaban J connectivity index is 2.14. The maximum atomic E-state index is 12.1. The van der Waals surface area contributed by atoms with Gasteiger partial charge in [-0.25, -0.2) is 0 Å². The SMILES string of the molecule is Cc1[nH]nc(C(=O)N2CCCOCC2)c1N. The van der Waals surface area contributed by atoms with Crippen LogP contribution >= 0.6 is 0 Å². The number of carbonyl (C=O) groups excluding carboxylic acids is 1. The smallest absolute Gasteiger partial charge is 0.276 e. The molecule has 1 aliphatic rings. The number of nitrogens with zero attached hydrogens (tertiary/aromatic N) is 2. The Morgan fingerprint density at radius 2 is 2.31 bits per heavy atom. The first kappa shape index (κ1) is 10.9. The molecule has 1 aromatic heterocycles. The first-order chi connectivity index (χ1) is 7.70. The fourth-order valence-corrected chi connectivity index (χ4v) is 1.70. The number of amides is 1. The lowest BCUT2D eigenvalue weighted by molar-refractivity contribution is 0.0736. The Labute approximate surface area is 93.8 Å². The monoisotopic (exact) mass is 224 g/mol. The molecule has 0 aliphatic carbocycles. The van der Waals surface area contributed by atoms with E-state index in [-0.39, 0.29) is 5.91 Å². The van der Waals surface area contributed by atoms with Crippen molar-refractivity contribution in [1.29, 1.82) is 0 Å². The standard InChI is InChI=1S/C10H16N4O2/c1-7-8(11)9(13-12-7)10(15)14-3-2-5-16-6-4-14/h2-6,11H2,1H3,(H,12,13). The number of H-pyrrole nitrogens is 1. The van der Waals surface area contributed by atoms with Gasteiger partial charge in [0.25, 0.3) is 5.91 Å². The lowest BCUT2D eigenvalue weighted by atomic mass is 10.2. The molecule has 3 N–H and O–H groups in total. The number of anilines is 1. The zero-order chi connectivity index (χ0) is 11.5. The Morgan fingerprint density at radius 3 is 3.00 bits per heavy atom. The van der Waals surface area contributed by atoms with E-state index in [0.29, 0.717) is 37.7 Å². The number of nitrogens with two attached hydrogens (primary N) is 1. The number of aryl methyl sites for hydroxylation is 1. The number of hydrogen-bond acceptors (Lipinski definition) is 4. The summed E-state index contributed by atoms with van der Waals surface area (Å²) in [7, 11) is 0. The third kappa shape index (κ3) is 2.01. The maximum absolute atomic E-state index is 12.1. The molecule has 88 valence electrons. The van der Waals surface area contributed by atoms with Crippen molar-refractivity contribution < 1.29 is 9.53 Å². The third-order valence-electron chi connectivity index (χ3n) is 2.71. The van der Waals surface area contributed by atoms with E-state index >= 15 is 0 Å². The van der Waals surface area contributed by atoms with Crippen LogP contribution < -0.4 is 5.73 Å². The van der Waals surface area contributed by atoms with Gasteiger partial charge in [-0.15, -0.1) is 0 Å². The molecule has 2 heterocycles. The number of nitrogens with one attached hydrogen (secondary N) is 1. The Bertz CT molecular complexity index is 380. The minimum atomic E-state index is -0.118. The van der Waals surface area contributed by atoms with Gasteiger partial charge in [-0.2, -0.15) is 5.10 Å². The van der Waals surface area contributed by atoms with Gasteiger partial charge in [-0.3, -0.25) is 9.89 Å². The van der Waals surface area contributed by atoms with Gasteiger partial charge in [0.05, 0.1) is 18.0 Å². The van der Waals surface area contributed by atoms with E-state index in [1.54, 1.807) is 11.8 Å². The van der Waals surface area contributed by atoms with E-state index in [1.807, 2.05) is 0 Å². The van der Waals surface area contributed by atoms with Crippen molar-refractivity contribution >= 4 is 11.6 Å². The molecule has 1 amide bonds. The molecule has 0 atom stereocenters. The lowest BCUT2D eigenvalue weighted by Gasteiger charge is -2.18. The molecule has 0 aromatic carbocycles. The molecule has 0 unspecified atom stereocenters. The van der Waals surface area contributed by atoms with Crippen molar-refractivity contribution in [2.45, 2.75) is 13.3 Å². The van der Waals surface area contributed by atoms with E-state index in [2.05, 4.69) is 10.2 Å². The largest absolute Gasteiger partial charge is 0.395 e. The summed E-state index contributed by atoms with van der Waals surface area (Å²) in [6.45, 7) is 4.38. The second-order valence-corrected chi connectivity index (χ2v) is 3.87. The molecule has 0 radical (unpaired) electrons. The average Bonchev–Trinajstić information content (AvgIpc) is 2.53. The molecule has 1 saturated heterocycles. The van der Waals surface area contributed by atoms with Crippen LogP contribution in [-0.2, 0) is 4.74 Å². The number of nitrogen functional groups attached to an aromatic ring is 1. The van der Waals surface area contributed by atoms with Crippen LogP contribution in [0, 0.1) is 6.92 Å². The van der Waals surface area contributed by atoms with Gasteiger partial charge in [0, 0.05) is 19.7 Å². The number of aromatic amines is 1. The van der Waals surface area contributed by atoms with Crippen molar-refractivity contribution in [3.63, 3.8) is 0 Å². The molecule has 6 nitrogen and oxygen atoms in total. The molecule has 2 rings (SSSR count). The van der Waals surface area contributed by atoms with Crippen molar-refractivity contribution in [2.24, 2.45) is 0 Å². The second-order valence-electron chi connectivity index (χ2n) is 3.87. The summed E-state index contributed by atoms with van der Waals surface area (Å²) in [6, 6.07) is 0. The van der Waals surface area contributed by atoms with Crippen LogP contribution in [-0.4, -0.2) is 47.3 Å². The van der Waals surface area contributed by atoms with E-state index in [1.165, 1.54) is 0 Å². The van der Waals surface area contributed by atoms with Crippen LogP contribution in [0.5, 0.6) is 0 Å². The highest BCUT2D eigenvalue weighted by Gasteiger charge is 2.22. The van der Waals surface area contributed by atoms with Gasteiger partial charge in [-0.05, 0) is 13.3 Å². The van der Waals surface area contributed by atoms with E-state index < -0.39 is 0 Å². The minimum Gasteiger partial charge on any atom is -0.395 e. The Hall–Kier alpha value is -1.56. The van der Waals surface area contributed by atoms with Crippen LogP contribution in [0.25, 0.3) is 0 Å². The Morgan fingerprint density at radius 1 is 1.50 bits per heavy atom. The van der Waals surface area contributed by atoms with Gasteiger partial charge in [-0.1, -0.05) is 0 Å². The number of aromatic nitrogens is 2. The second kappa shape index (κ2) is 4.52. The fourth-order valence-electron chi connectivity index (χ4n) is 1.70. The highest BCUT2D eigenvalue weighted by molar-refractivity contribution is 5.97. The average molecular weight is 224 g/mol. The predicted octanol–water partition coefficient (Wildman–Crippen LogP) is 0.163. The highest BCUT2D eigenvalue weighted by atomic mass is 16.5. The molecule has 1 fully saturated rings. The molecule has 0 bridgehead atoms. The van der Waals surface area contributed by atoms with Gasteiger partial charge in [0.2, 0.25) is 0 Å². The van der Waals surface area contributed by atoms with E-state index in [0.717, 1.165) is 12.1 Å². The van der Waals surface area contributed by atoms with Gasteiger partial charge in [0.1, 0.15) is 0 Å². The molecular formula is C10H16N4O2. The maximum Gasteiger partial charge on any atom is 0.276 e. The highest BCUT2D eigenvalue weighted by Crippen LogP contribution is 2.15. The van der Waals surface area contributed by atoms with Crippen LogP contribution in [0.2, 0.25) is 0 Å². The number of rotatable bonds is 1. The first-order valence-electron chi connectivity index (χ1n) is 5.37. The van der Waals surface area contributed by atoms with Gasteiger partial charge < -0.3 is 15.4 Å². The quantitative estimate of drug-likeness (QED) is 0.711. The van der Waals surface area contributed by atoms with E-state index in [9.17, 15) is 4.79 Å². The summed E-state index contributed by atoms with van der Waals surface area (Å²) in [5.74, 6) is -0.118. The van der Waals surface area contributed by atoms with Gasteiger partial charge in [0.15, 0.2) is 5.69 Å². The zero-order valence-electron chi connectivity index (χ0n) is 9.32. The molecule has 0 saturated carbocycles. The number of ether oxygens (including phenoxy) is 1. The van der Waals surface area contributed by atoms with Crippen molar-refractivity contribution in [1.82, 2.24) is 15.1 Å².